The fourth-order valence-corrected chi connectivity index (χ4v) is 5.58. The molecule has 0 unspecified atom stereocenters. The van der Waals surface area contributed by atoms with Crippen molar-refractivity contribution in [2.45, 2.75) is 25.7 Å². The monoisotopic (exact) mass is 758 g/mol. The first-order chi connectivity index (χ1) is 19.0. The Morgan fingerprint density at radius 2 is 1.05 bits per heavy atom. The van der Waals surface area contributed by atoms with Crippen molar-refractivity contribution in [3.63, 3.8) is 0 Å². The first kappa shape index (κ1) is 29.8. The van der Waals surface area contributed by atoms with Crippen molar-refractivity contribution in [2.75, 3.05) is 36.0 Å². The smallest absolute Gasteiger partial charge is 0.150 e. The molecule has 2 saturated heterocycles. The Balaban J connectivity index is 0.000000150. The van der Waals surface area contributed by atoms with Crippen LogP contribution in [0.4, 0.5) is 11.4 Å². The summed E-state index contributed by atoms with van der Waals surface area (Å²) in [5.74, 6) is 0. The van der Waals surface area contributed by atoms with Crippen molar-refractivity contribution in [2.24, 2.45) is 0 Å². The maximum absolute atomic E-state index is 10.8. The van der Waals surface area contributed by atoms with Crippen molar-refractivity contribution in [3.8, 4) is 11.1 Å². The number of hydrogen-bond donors (Lipinski definition) is 0. The van der Waals surface area contributed by atoms with Gasteiger partial charge in [-0.25, -0.2) is 0 Å². The van der Waals surface area contributed by atoms with Crippen LogP contribution in [-0.2, 0) is 0 Å². The van der Waals surface area contributed by atoms with Gasteiger partial charge < -0.3 is 9.80 Å². The van der Waals surface area contributed by atoms with Gasteiger partial charge >= 0.3 is 0 Å². The normalized spacial score (nSPS) is 14.2. The second kappa shape index (κ2) is 15.6. The third-order valence-corrected chi connectivity index (χ3v) is 8.57. The Kier molecular flexibility index (Phi) is 11.9. The van der Waals surface area contributed by atoms with Gasteiger partial charge in [0, 0.05) is 55.6 Å². The van der Waals surface area contributed by atoms with Crippen LogP contribution in [0, 0.1) is 3.57 Å². The quantitative estimate of drug-likeness (QED) is 0.153. The van der Waals surface area contributed by atoms with Crippen LogP contribution in [0.25, 0.3) is 11.1 Å². The minimum absolute atomic E-state index is 0.723. The van der Waals surface area contributed by atoms with Gasteiger partial charge in [0.25, 0.3) is 0 Å². The molecule has 6 heteroatoms. The number of benzene rings is 4. The summed E-state index contributed by atoms with van der Waals surface area (Å²) in [6.45, 7) is 4.78. The predicted molar refractivity (Wildman–Crippen MR) is 181 cm³/mol. The minimum atomic E-state index is 0.723. The number of rotatable bonds is 4. The van der Waals surface area contributed by atoms with E-state index in [0.717, 1.165) is 31.9 Å². The van der Waals surface area contributed by atoms with Crippen molar-refractivity contribution >= 4 is 72.1 Å². The molecule has 0 aliphatic carbocycles. The van der Waals surface area contributed by atoms with E-state index in [2.05, 4.69) is 125 Å². The van der Waals surface area contributed by atoms with Gasteiger partial charge in [-0.05, 0) is 126 Å². The summed E-state index contributed by atoms with van der Waals surface area (Å²) in [5, 5.41) is 0. The highest BCUT2D eigenvalue weighted by atomic mass is 127. The molecule has 2 aliphatic heterocycles. The molecule has 0 bridgehead atoms. The van der Waals surface area contributed by atoms with E-state index in [1.54, 1.807) is 0 Å². The van der Waals surface area contributed by atoms with Gasteiger partial charge in [0.05, 0.1) is 0 Å². The molecule has 0 spiro atoms. The van der Waals surface area contributed by atoms with Crippen LogP contribution < -0.4 is 9.80 Å². The number of halogens is 3. The summed E-state index contributed by atoms with van der Waals surface area (Å²) in [4.78, 5) is 15.7. The molecule has 202 valence electrons. The summed E-state index contributed by atoms with van der Waals surface area (Å²) in [5.41, 5.74) is 5.63. The molecule has 0 atom stereocenters. The Labute approximate surface area is 263 Å². The number of anilines is 2. The Bertz CT molecular complexity index is 1280. The summed E-state index contributed by atoms with van der Waals surface area (Å²) >= 11 is 9.05. The van der Waals surface area contributed by atoms with Crippen molar-refractivity contribution in [1.82, 2.24) is 0 Å². The van der Waals surface area contributed by atoms with Crippen LogP contribution in [0.5, 0.6) is 0 Å². The molecule has 0 N–H and O–H groups in total. The molecule has 0 amide bonds. The van der Waals surface area contributed by atoms with Crippen molar-refractivity contribution < 1.29 is 4.79 Å². The molecule has 0 saturated carbocycles. The molecular weight excluding hydrogens is 727 g/mol. The van der Waals surface area contributed by atoms with Crippen LogP contribution in [0.3, 0.4) is 0 Å². The molecule has 6 rings (SSSR count). The largest absolute Gasteiger partial charge is 0.372 e. The SMILES string of the molecule is Brc1ccc(I)cc1.Brc1ccc(N2CCCC2)cc1.O=Cc1cccc(-c2ccc(N3CCCC3)cc2)c1. The lowest BCUT2D eigenvalue weighted by Gasteiger charge is -2.17. The second-order valence-corrected chi connectivity index (χ2v) is 12.7. The standard InChI is InChI=1S/C17H17NO.C10H12BrN.C6H4BrI/c19-13-14-4-3-5-16(12-14)15-6-8-17(9-7-15)18-10-1-2-11-18;11-9-3-5-10(6-4-9)12-7-1-2-8-12;7-5-1-3-6(8)4-2-5/h3-9,12-13H,1-2,10-11H2;3-6H,1-2,7-8H2;1-4H. The highest BCUT2D eigenvalue weighted by Crippen LogP contribution is 2.26. The molecule has 4 aromatic carbocycles. The van der Waals surface area contributed by atoms with E-state index in [0.29, 0.717) is 0 Å². The van der Waals surface area contributed by atoms with Gasteiger partial charge in [0.15, 0.2) is 0 Å². The number of carbonyl (C=O) groups excluding carboxylic acids is 1. The van der Waals surface area contributed by atoms with E-state index >= 15 is 0 Å². The van der Waals surface area contributed by atoms with E-state index in [9.17, 15) is 4.79 Å². The van der Waals surface area contributed by atoms with Crippen LogP contribution in [0.2, 0.25) is 0 Å². The fourth-order valence-electron chi connectivity index (χ4n) is 4.69. The van der Waals surface area contributed by atoms with Gasteiger partial charge in [-0.2, -0.15) is 0 Å². The van der Waals surface area contributed by atoms with E-state index < -0.39 is 0 Å². The average molecular weight is 760 g/mol. The van der Waals surface area contributed by atoms with Crippen LogP contribution in [0.1, 0.15) is 36.0 Å². The summed E-state index contributed by atoms with van der Waals surface area (Å²) in [7, 11) is 0. The zero-order valence-electron chi connectivity index (χ0n) is 21.9. The summed E-state index contributed by atoms with van der Waals surface area (Å²) in [6.07, 6.45) is 6.17. The molecule has 0 radical (unpaired) electrons. The molecular formula is C33H33Br2IN2O. The molecule has 3 nitrogen and oxygen atoms in total. The second-order valence-electron chi connectivity index (χ2n) is 9.59. The molecule has 2 aliphatic rings. The lowest BCUT2D eigenvalue weighted by molar-refractivity contribution is 0.112. The number of nitrogens with zero attached hydrogens (tertiary/aromatic N) is 2. The lowest BCUT2D eigenvalue weighted by Crippen LogP contribution is -2.17. The number of aldehydes is 1. The molecule has 39 heavy (non-hydrogen) atoms. The van der Waals surface area contributed by atoms with Crippen molar-refractivity contribution in [1.29, 1.82) is 0 Å². The molecule has 0 aromatic heterocycles. The van der Waals surface area contributed by atoms with Gasteiger partial charge in [-0.15, -0.1) is 0 Å². The van der Waals surface area contributed by atoms with Crippen LogP contribution in [-0.4, -0.2) is 32.5 Å². The van der Waals surface area contributed by atoms with E-state index in [1.165, 1.54) is 66.8 Å². The van der Waals surface area contributed by atoms with Gasteiger partial charge in [0.1, 0.15) is 6.29 Å². The Morgan fingerprint density at radius 3 is 1.51 bits per heavy atom. The molecule has 4 aromatic rings. The van der Waals surface area contributed by atoms with Crippen LogP contribution >= 0.6 is 54.5 Å². The minimum Gasteiger partial charge on any atom is -0.372 e. The fraction of sp³-hybridized carbons (Fsp3) is 0.242. The van der Waals surface area contributed by atoms with E-state index in [-0.39, 0.29) is 0 Å². The van der Waals surface area contributed by atoms with Gasteiger partial charge in [-0.1, -0.05) is 62.2 Å². The van der Waals surface area contributed by atoms with Gasteiger partial charge in [0.2, 0.25) is 0 Å². The highest BCUT2D eigenvalue weighted by Gasteiger charge is 2.12. The zero-order valence-corrected chi connectivity index (χ0v) is 27.2. The Morgan fingerprint density at radius 1 is 0.590 bits per heavy atom. The maximum atomic E-state index is 10.8. The summed E-state index contributed by atoms with van der Waals surface area (Å²) in [6, 6.07) is 33.1. The predicted octanol–water partition coefficient (Wildman–Crippen LogP) is 9.87. The third kappa shape index (κ3) is 9.47. The maximum Gasteiger partial charge on any atom is 0.150 e. The molecule has 2 fully saturated rings. The zero-order chi connectivity index (χ0) is 27.5. The van der Waals surface area contributed by atoms with E-state index in [1.807, 2.05) is 36.4 Å². The van der Waals surface area contributed by atoms with Gasteiger partial charge in [-0.3, -0.25) is 4.79 Å². The lowest BCUT2D eigenvalue weighted by atomic mass is 10.0. The average Bonchev–Trinajstić information content (AvgIpc) is 3.72. The number of carbonyl (C=O) groups is 1. The first-order valence-corrected chi connectivity index (χ1v) is 16.0. The van der Waals surface area contributed by atoms with Crippen molar-refractivity contribution in [3.05, 3.63) is 115 Å². The van der Waals surface area contributed by atoms with E-state index in [4.69, 9.17) is 0 Å². The topological polar surface area (TPSA) is 23.6 Å². The third-order valence-electron chi connectivity index (χ3n) is 6.80. The number of hydrogen-bond acceptors (Lipinski definition) is 3. The molecule has 2 heterocycles. The highest BCUT2D eigenvalue weighted by molar-refractivity contribution is 14.1. The van der Waals surface area contributed by atoms with Crippen LogP contribution in [0.15, 0.2) is 106 Å². The summed E-state index contributed by atoms with van der Waals surface area (Å²) < 4.78 is 3.56. The Hall–Kier alpha value is -2.16. The first-order valence-electron chi connectivity index (χ1n) is 13.3.